The predicted molar refractivity (Wildman–Crippen MR) is 97.9 cm³/mol. The Morgan fingerprint density at radius 1 is 1.08 bits per heavy atom. The van der Waals surface area contributed by atoms with Gasteiger partial charge < -0.3 is 15.2 Å². The molecule has 0 aromatic heterocycles. The lowest BCUT2D eigenvalue weighted by Crippen LogP contribution is -2.13. The third-order valence-electron chi connectivity index (χ3n) is 3.82. The lowest BCUT2D eigenvalue weighted by Gasteiger charge is -2.09. The molecule has 0 aliphatic heterocycles. The van der Waals surface area contributed by atoms with Crippen LogP contribution < -0.4 is 10.1 Å². The third kappa shape index (κ3) is 5.44. The smallest absolute Gasteiger partial charge is 0.335 e. The SMILES string of the molecule is CC(=O)c1ccc(OCCCC(=O)Nc2ccc(C(=O)O)c(C)c2)cc1. The Bertz CT molecular complexity index is 811. The molecular formula is C20H21NO5. The topological polar surface area (TPSA) is 92.7 Å². The molecule has 0 aliphatic carbocycles. The van der Waals surface area contributed by atoms with Crippen molar-refractivity contribution in [3.05, 3.63) is 59.2 Å². The van der Waals surface area contributed by atoms with E-state index in [1.165, 1.54) is 13.0 Å². The van der Waals surface area contributed by atoms with Gasteiger partial charge in [0.05, 0.1) is 12.2 Å². The van der Waals surface area contributed by atoms with Gasteiger partial charge in [-0.3, -0.25) is 9.59 Å². The van der Waals surface area contributed by atoms with Crippen molar-refractivity contribution in [3.8, 4) is 5.75 Å². The van der Waals surface area contributed by atoms with Crippen LogP contribution in [-0.4, -0.2) is 29.4 Å². The predicted octanol–water partition coefficient (Wildman–Crippen LogP) is 3.69. The number of aromatic carboxylic acids is 1. The first-order chi connectivity index (χ1) is 12.4. The van der Waals surface area contributed by atoms with E-state index in [9.17, 15) is 14.4 Å². The molecular weight excluding hydrogens is 334 g/mol. The van der Waals surface area contributed by atoms with Crippen LogP contribution in [0.25, 0.3) is 0 Å². The molecule has 136 valence electrons. The van der Waals surface area contributed by atoms with Gasteiger partial charge >= 0.3 is 5.97 Å². The van der Waals surface area contributed by atoms with E-state index in [4.69, 9.17) is 9.84 Å². The fourth-order valence-electron chi connectivity index (χ4n) is 2.41. The van der Waals surface area contributed by atoms with Gasteiger partial charge in [0.1, 0.15) is 5.75 Å². The van der Waals surface area contributed by atoms with Crippen LogP contribution in [-0.2, 0) is 4.79 Å². The number of amides is 1. The molecule has 0 aliphatic rings. The second-order valence-electron chi connectivity index (χ2n) is 5.92. The van der Waals surface area contributed by atoms with E-state index in [-0.39, 0.29) is 23.7 Å². The summed E-state index contributed by atoms with van der Waals surface area (Å²) in [6.45, 7) is 3.57. The molecule has 2 aromatic rings. The second kappa shape index (κ2) is 8.80. The number of carbonyl (C=O) groups excluding carboxylic acids is 2. The first-order valence-electron chi connectivity index (χ1n) is 8.24. The Hall–Kier alpha value is -3.15. The third-order valence-corrected chi connectivity index (χ3v) is 3.82. The van der Waals surface area contributed by atoms with Crippen LogP contribution in [0.3, 0.4) is 0 Å². The van der Waals surface area contributed by atoms with Gasteiger partial charge in [0.25, 0.3) is 0 Å². The maximum Gasteiger partial charge on any atom is 0.335 e. The number of ketones is 1. The van der Waals surface area contributed by atoms with Crippen LogP contribution >= 0.6 is 0 Å². The molecule has 2 aromatic carbocycles. The van der Waals surface area contributed by atoms with E-state index in [0.717, 1.165) is 0 Å². The van der Waals surface area contributed by atoms with E-state index in [1.54, 1.807) is 43.3 Å². The maximum absolute atomic E-state index is 12.0. The van der Waals surface area contributed by atoms with Gasteiger partial charge in [0, 0.05) is 17.7 Å². The van der Waals surface area contributed by atoms with Gasteiger partial charge in [-0.2, -0.15) is 0 Å². The molecule has 0 bridgehead atoms. The van der Waals surface area contributed by atoms with Crippen LogP contribution in [0.5, 0.6) is 5.75 Å². The van der Waals surface area contributed by atoms with Gasteiger partial charge in [-0.25, -0.2) is 4.79 Å². The van der Waals surface area contributed by atoms with Crippen LogP contribution in [0.15, 0.2) is 42.5 Å². The summed E-state index contributed by atoms with van der Waals surface area (Å²) in [4.78, 5) is 34.1. The van der Waals surface area contributed by atoms with Crippen molar-refractivity contribution in [3.63, 3.8) is 0 Å². The monoisotopic (exact) mass is 355 g/mol. The first kappa shape index (κ1) is 19.2. The Morgan fingerprint density at radius 3 is 2.35 bits per heavy atom. The van der Waals surface area contributed by atoms with Gasteiger partial charge in [-0.1, -0.05) is 0 Å². The van der Waals surface area contributed by atoms with Crippen LogP contribution in [0.2, 0.25) is 0 Å². The number of carboxylic acid groups (broad SMARTS) is 1. The number of aryl methyl sites for hydroxylation is 1. The van der Waals surface area contributed by atoms with Gasteiger partial charge in [-0.05, 0) is 68.3 Å². The Kier molecular flexibility index (Phi) is 6.49. The molecule has 6 nitrogen and oxygen atoms in total. The highest BCUT2D eigenvalue weighted by atomic mass is 16.5. The quantitative estimate of drug-likeness (QED) is 0.556. The first-order valence-corrected chi connectivity index (χ1v) is 8.24. The molecule has 0 saturated heterocycles. The van der Waals surface area contributed by atoms with Gasteiger partial charge in [0.2, 0.25) is 5.91 Å². The average molecular weight is 355 g/mol. The molecule has 1 amide bonds. The molecule has 0 fully saturated rings. The van der Waals surface area contributed by atoms with Crippen LogP contribution in [0.1, 0.15) is 46.0 Å². The molecule has 2 rings (SSSR count). The standard InChI is InChI=1S/C20H21NO5/c1-13-12-16(7-10-18(13)20(24)25)21-19(23)4-3-11-26-17-8-5-15(6-9-17)14(2)22/h5-10,12H,3-4,11H2,1-2H3,(H,21,23)(H,24,25). The number of anilines is 1. The molecule has 0 radical (unpaired) electrons. The van der Waals surface area contributed by atoms with Crippen molar-refractivity contribution in [2.45, 2.75) is 26.7 Å². The number of nitrogens with one attached hydrogen (secondary N) is 1. The zero-order chi connectivity index (χ0) is 19.1. The molecule has 2 N–H and O–H groups in total. The van der Waals surface area contributed by atoms with E-state index in [0.29, 0.717) is 35.6 Å². The molecule has 0 unspecified atom stereocenters. The van der Waals surface area contributed by atoms with Crippen molar-refractivity contribution in [2.24, 2.45) is 0 Å². The highest BCUT2D eigenvalue weighted by Crippen LogP contribution is 2.16. The van der Waals surface area contributed by atoms with E-state index in [1.807, 2.05) is 0 Å². The zero-order valence-electron chi connectivity index (χ0n) is 14.7. The van der Waals surface area contributed by atoms with E-state index >= 15 is 0 Å². The largest absolute Gasteiger partial charge is 0.494 e. The molecule has 26 heavy (non-hydrogen) atoms. The molecule has 0 saturated carbocycles. The highest BCUT2D eigenvalue weighted by Gasteiger charge is 2.09. The summed E-state index contributed by atoms with van der Waals surface area (Å²) in [6.07, 6.45) is 0.817. The minimum Gasteiger partial charge on any atom is -0.494 e. The Labute approximate surface area is 151 Å². The molecule has 0 heterocycles. The van der Waals surface area contributed by atoms with Crippen molar-refractivity contribution in [2.75, 3.05) is 11.9 Å². The second-order valence-corrected chi connectivity index (χ2v) is 5.92. The highest BCUT2D eigenvalue weighted by molar-refractivity contribution is 5.94. The van der Waals surface area contributed by atoms with E-state index < -0.39 is 5.97 Å². The number of Topliss-reactive ketones (excluding diaryl/α,β-unsaturated/α-hetero) is 1. The number of carboxylic acids is 1. The minimum atomic E-state index is -0.992. The number of rotatable bonds is 8. The summed E-state index contributed by atoms with van der Waals surface area (Å²) in [5, 5.41) is 11.7. The zero-order valence-corrected chi connectivity index (χ0v) is 14.7. The summed E-state index contributed by atoms with van der Waals surface area (Å²) in [6, 6.07) is 11.5. The van der Waals surface area contributed by atoms with Gasteiger partial charge in [0.15, 0.2) is 5.78 Å². The number of benzene rings is 2. The lowest BCUT2D eigenvalue weighted by molar-refractivity contribution is -0.116. The summed E-state index contributed by atoms with van der Waals surface area (Å²) in [7, 11) is 0. The Balaban J connectivity index is 1.76. The molecule has 0 spiro atoms. The van der Waals surface area contributed by atoms with Crippen molar-refractivity contribution < 1.29 is 24.2 Å². The minimum absolute atomic E-state index is 0.000143. The van der Waals surface area contributed by atoms with Crippen molar-refractivity contribution in [1.82, 2.24) is 0 Å². The molecule has 0 atom stereocenters. The normalized spacial score (nSPS) is 10.2. The van der Waals surface area contributed by atoms with Crippen LogP contribution in [0, 0.1) is 6.92 Å². The lowest BCUT2D eigenvalue weighted by atomic mass is 10.1. The van der Waals surface area contributed by atoms with Gasteiger partial charge in [-0.15, -0.1) is 0 Å². The average Bonchev–Trinajstić information content (AvgIpc) is 2.59. The number of hydrogen-bond donors (Lipinski definition) is 2. The van der Waals surface area contributed by atoms with Crippen molar-refractivity contribution >= 4 is 23.3 Å². The maximum atomic E-state index is 12.0. The Morgan fingerprint density at radius 2 is 1.77 bits per heavy atom. The van der Waals surface area contributed by atoms with Crippen LogP contribution in [0.4, 0.5) is 5.69 Å². The fourth-order valence-corrected chi connectivity index (χ4v) is 2.41. The molecule has 6 heteroatoms. The number of hydrogen-bond acceptors (Lipinski definition) is 4. The number of ether oxygens (including phenoxy) is 1. The van der Waals surface area contributed by atoms with Crippen molar-refractivity contribution in [1.29, 1.82) is 0 Å². The summed E-state index contributed by atoms with van der Waals surface area (Å²) >= 11 is 0. The summed E-state index contributed by atoms with van der Waals surface area (Å²) in [5.41, 5.74) is 2.00. The number of carbonyl (C=O) groups is 3. The summed E-state index contributed by atoms with van der Waals surface area (Å²) in [5.74, 6) is -0.507. The fraction of sp³-hybridized carbons (Fsp3) is 0.250. The van der Waals surface area contributed by atoms with E-state index in [2.05, 4.69) is 5.32 Å². The summed E-state index contributed by atoms with van der Waals surface area (Å²) < 4.78 is 5.55.